The number of rotatable bonds is 18. The fourth-order valence-electron chi connectivity index (χ4n) is 6.10. The monoisotopic (exact) mass is 780 g/mol. The van der Waals surface area contributed by atoms with Crippen molar-refractivity contribution < 1.29 is 0 Å². The van der Waals surface area contributed by atoms with E-state index in [0.29, 0.717) is 0 Å². The number of hydrogen-bond acceptors (Lipinski definition) is 3. The first-order valence-corrected chi connectivity index (χ1v) is 21.0. The maximum atomic E-state index is 3.75. The molecule has 0 aliphatic carbocycles. The molecular weight excluding hydrogens is 736 g/mol. The van der Waals surface area contributed by atoms with Crippen molar-refractivity contribution in [3.8, 4) is 41.8 Å². The van der Waals surface area contributed by atoms with Gasteiger partial charge in [-0.1, -0.05) is 127 Å². The lowest BCUT2D eigenvalue weighted by Crippen LogP contribution is -1.90. The molecule has 0 radical (unpaired) electrons. The fraction of sp³-hybridized carbons (Fsp3) is 0.400. The van der Waals surface area contributed by atoms with E-state index in [0.717, 1.165) is 0 Å². The summed E-state index contributed by atoms with van der Waals surface area (Å²) in [6, 6.07) is 28.0. The summed E-state index contributed by atoms with van der Waals surface area (Å²) in [4.78, 5) is 5.36. The molecule has 0 spiro atoms. The van der Waals surface area contributed by atoms with Gasteiger partial charge >= 0.3 is 0 Å². The lowest BCUT2D eigenvalue weighted by atomic mass is 9.92. The van der Waals surface area contributed by atoms with E-state index in [9.17, 15) is 0 Å². The highest BCUT2D eigenvalue weighted by atomic mass is 79.9. The smallest absolute Gasteiger partial charge is 0.0705 e. The van der Waals surface area contributed by atoms with Crippen LogP contribution in [0, 0.1) is 0 Å². The molecule has 0 aliphatic rings. The van der Waals surface area contributed by atoms with Gasteiger partial charge in [0, 0.05) is 20.9 Å². The van der Waals surface area contributed by atoms with Crippen LogP contribution in [-0.2, 0) is 12.8 Å². The van der Waals surface area contributed by atoms with E-state index in [2.05, 4.69) is 119 Å². The molecule has 5 heteroatoms. The van der Waals surface area contributed by atoms with Gasteiger partial charge in [0.05, 0.1) is 17.3 Å². The van der Waals surface area contributed by atoms with Crippen LogP contribution < -0.4 is 0 Å². The van der Waals surface area contributed by atoms with Crippen molar-refractivity contribution in [2.45, 2.75) is 104 Å². The van der Waals surface area contributed by atoms with Gasteiger partial charge in [0.25, 0.3) is 0 Å². The van der Waals surface area contributed by atoms with Gasteiger partial charge in [-0.2, -0.15) is 0 Å². The number of aryl methyl sites for hydroxylation is 2. The Balaban J connectivity index is 1.48. The second-order valence-corrected chi connectivity index (χ2v) is 18.1. The number of unbranched alkanes of at least 4 members (excludes halogenated alkanes) is 10. The average Bonchev–Trinajstić information content (AvgIpc) is 3.79. The standard InChI is InChI=1S/C40H46Br2S3/c1-3-5-7-9-11-13-15-29-17-21-31(22-18-29)37-38(32-23-19-30(20-24-32)16-14-12-10-8-6-4-2)40(34-26-28-36(42)44-34)45-39(37)33-25-27-35(41)43-33/h17-28H,3-16H2,1-2H3. The Morgan fingerprint density at radius 2 is 0.800 bits per heavy atom. The Hall–Kier alpha value is -1.50. The molecule has 45 heavy (non-hydrogen) atoms. The SMILES string of the molecule is CCCCCCCCc1ccc(-c2c(-c3ccc(Br)s3)sc(-c3ccc(Br)s3)c2-c2ccc(CCCCCCCC)cc2)cc1. The molecule has 0 saturated heterocycles. The van der Waals surface area contributed by atoms with E-state index in [-0.39, 0.29) is 0 Å². The van der Waals surface area contributed by atoms with Gasteiger partial charge in [-0.25, -0.2) is 0 Å². The van der Waals surface area contributed by atoms with Crippen molar-refractivity contribution in [2.75, 3.05) is 0 Å². The molecular formula is C40H46Br2S3. The Morgan fingerprint density at radius 1 is 0.422 bits per heavy atom. The second-order valence-electron chi connectivity index (χ2n) is 12.1. The summed E-state index contributed by atoms with van der Waals surface area (Å²) in [6.45, 7) is 4.58. The molecule has 5 rings (SSSR count). The molecule has 3 heterocycles. The van der Waals surface area contributed by atoms with Gasteiger partial charge in [0.1, 0.15) is 0 Å². The molecule has 0 bridgehead atoms. The minimum atomic E-state index is 1.17. The highest BCUT2D eigenvalue weighted by molar-refractivity contribution is 9.11. The topological polar surface area (TPSA) is 0 Å². The maximum Gasteiger partial charge on any atom is 0.0705 e. The van der Waals surface area contributed by atoms with E-state index >= 15 is 0 Å². The zero-order valence-electron chi connectivity index (χ0n) is 26.8. The zero-order chi connectivity index (χ0) is 31.4. The van der Waals surface area contributed by atoms with Gasteiger partial charge in [-0.05, 0) is 104 Å². The highest BCUT2D eigenvalue weighted by Gasteiger charge is 2.25. The van der Waals surface area contributed by atoms with E-state index < -0.39 is 0 Å². The Bertz CT molecular complexity index is 1470. The van der Waals surface area contributed by atoms with Gasteiger partial charge < -0.3 is 0 Å². The first-order chi connectivity index (χ1) is 22.1. The molecule has 0 aliphatic heterocycles. The summed E-state index contributed by atoms with van der Waals surface area (Å²) in [5.74, 6) is 0. The van der Waals surface area contributed by atoms with Crippen molar-refractivity contribution in [2.24, 2.45) is 0 Å². The van der Waals surface area contributed by atoms with Crippen LogP contribution in [0.5, 0.6) is 0 Å². The highest BCUT2D eigenvalue weighted by Crippen LogP contribution is 2.54. The van der Waals surface area contributed by atoms with E-state index in [1.165, 1.54) is 150 Å². The van der Waals surface area contributed by atoms with Crippen molar-refractivity contribution in [3.05, 3.63) is 91.5 Å². The first-order valence-electron chi connectivity index (χ1n) is 16.9. The molecule has 0 unspecified atom stereocenters. The summed E-state index contributed by atoms with van der Waals surface area (Å²) >= 11 is 13.1. The van der Waals surface area contributed by atoms with Crippen LogP contribution in [-0.4, -0.2) is 0 Å². The van der Waals surface area contributed by atoms with Crippen LogP contribution in [0.4, 0.5) is 0 Å². The lowest BCUT2D eigenvalue weighted by molar-refractivity contribution is 0.607. The van der Waals surface area contributed by atoms with Crippen LogP contribution in [0.2, 0.25) is 0 Å². The predicted octanol–water partition coefficient (Wildman–Crippen LogP) is 15.9. The molecule has 0 N–H and O–H groups in total. The number of thiophene rings is 3. The number of benzene rings is 2. The van der Waals surface area contributed by atoms with Crippen LogP contribution in [0.25, 0.3) is 41.8 Å². The number of hydrogen-bond donors (Lipinski definition) is 0. The molecule has 5 aromatic rings. The van der Waals surface area contributed by atoms with Crippen molar-refractivity contribution in [1.82, 2.24) is 0 Å². The summed E-state index contributed by atoms with van der Waals surface area (Å²) in [6.07, 6.45) is 18.4. The molecule has 3 aromatic heterocycles. The third kappa shape index (κ3) is 9.76. The van der Waals surface area contributed by atoms with E-state index in [4.69, 9.17) is 0 Å². The van der Waals surface area contributed by atoms with Gasteiger partial charge in [0.2, 0.25) is 0 Å². The predicted molar refractivity (Wildman–Crippen MR) is 211 cm³/mol. The molecule has 0 saturated carbocycles. The molecule has 2 aromatic carbocycles. The maximum absolute atomic E-state index is 3.75. The van der Waals surface area contributed by atoms with Crippen molar-refractivity contribution in [1.29, 1.82) is 0 Å². The van der Waals surface area contributed by atoms with Gasteiger partial charge in [0.15, 0.2) is 0 Å². The lowest BCUT2D eigenvalue weighted by Gasteiger charge is -2.12. The third-order valence-corrected chi connectivity index (χ3v) is 13.4. The van der Waals surface area contributed by atoms with E-state index in [1.807, 2.05) is 34.0 Å². The van der Waals surface area contributed by atoms with Gasteiger partial charge in [-0.3, -0.25) is 0 Å². The van der Waals surface area contributed by atoms with E-state index in [1.54, 1.807) is 0 Å². The zero-order valence-corrected chi connectivity index (χ0v) is 32.4. The van der Waals surface area contributed by atoms with Crippen LogP contribution in [0.1, 0.15) is 102 Å². The Labute approximate surface area is 300 Å². The molecule has 0 amide bonds. The molecule has 0 atom stereocenters. The summed E-state index contributed by atoms with van der Waals surface area (Å²) in [5, 5.41) is 0. The van der Waals surface area contributed by atoms with Crippen LogP contribution in [0.3, 0.4) is 0 Å². The van der Waals surface area contributed by atoms with Crippen LogP contribution in [0.15, 0.2) is 80.4 Å². The summed E-state index contributed by atoms with van der Waals surface area (Å²) < 4.78 is 2.35. The Morgan fingerprint density at radius 3 is 1.16 bits per heavy atom. The first kappa shape index (κ1) is 34.8. The fourth-order valence-corrected chi connectivity index (χ4v) is 10.4. The average molecular weight is 783 g/mol. The normalized spacial score (nSPS) is 11.5. The largest absolute Gasteiger partial charge is 0.132 e. The number of halogens is 2. The molecule has 238 valence electrons. The summed E-state index contributed by atoms with van der Waals surface area (Å²) in [5.41, 5.74) is 8.25. The van der Waals surface area contributed by atoms with Crippen molar-refractivity contribution in [3.63, 3.8) is 0 Å². The minimum absolute atomic E-state index is 1.17. The minimum Gasteiger partial charge on any atom is -0.132 e. The van der Waals surface area contributed by atoms with Crippen LogP contribution >= 0.6 is 65.9 Å². The quantitative estimate of drug-likeness (QED) is 0.0777. The molecule has 0 nitrogen and oxygen atoms in total. The Kier molecular flexibility index (Phi) is 14.0. The summed E-state index contributed by atoms with van der Waals surface area (Å²) in [7, 11) is 0. The second kappa shape index (κ2) is 18.2. The van der Waals surface area contributed by atoms with Crippen molar-refractivity contribution >= 4 is 65.9 Å². The van der Waals surface area contributed by atoms with Gasteiger partial charge in [-0.15, -0.1) is 34.0 Å². The molecule has 0 fully saturated rings. The third-order valence-electron chi connectivity index (χ3n) is 8.63.